The number of benzene rings is 1. The summed E-state index contributed by atoms with van der Waals surface area (Å²) in [5, 5.41) is 20.3. The fraction of sp³-hybridized carbons (Fsp3) is 0.476. The molecule has 26 heavy (non-hydrogen) atoms. The molecule has 0 saturated heterocycles. The number of hydrazone groups is 1. The summed E-state index contributed by atoms with van der Waals surface area (Å²) < 4.78 is 0. The molecule has 0 saturated carbocycles. The summed E-state index contributed by atoms with van der Waals surface area (Å²) >= 11 is 0. The van der Waals surface area contributed by atoms with Crippen LogP contribution in [0.5, 0.6) is 5.75 Å². The van der Waals surface area contributed by atoms with Crippen molar-refractivity contribution in [2.45, 2.75) is 39.0 Å². The quantitative estimate of drug-likeness (QED) is 0.466. The fourth-order valence-electron chi connectivity index (χ4n) is 3.89. The number of anilines is 2. The molecule has 5 nitrogen and oxygen atoms in total. The second kappa shape index (κ2) is 8.30. The minimum absolute atomic E-state index is 0.405. The largest absolute Gasteiger partial charge is 0.505 e. The van der Waals surface area contributed by atoms with Gasteiger partial charge in [-0.1, -0.05) is 12.2 Å². The van der Waals surface area contributed by atoms with Gasteiger partial charge in [-0.3, -0.25) is 5.01 Å². The van der Waals surface area contributed by atoms with Crippen LogP contribution in [0.3, 0.4) is 0 Å². The summed E-state index contributed by atoms with van der Waals surface area (Å²) in [6.45, 7) is 4.24. The molecule has 1 aromatic rings. The van der Waals surface area contributed by atoms with Crippen LogP contribution in [-0.4, -0.2) is 38.0 Å². The Kier molecular flexibility index (Phi) is 5.86. The van der Waals surface area contributed by atoms with Crippen molar-refractivity contribution in [3.8, 4) is 5.75 Å². The predicted octanol–water partition coefficient (Wildman–Crippen LogP) is 3.58. The van der Waals surface area contributed by atoms with Crippen LogP contribution in [0.1, 0.15) is 37.3 Å². The predicted molar refractivity (Wildman–Crippen MR) is 110 cm³/mol. The van der Waals surface area contributed by atoms with Crippen molar-refractivity contribution < 1.29 is 5.11 Å². The highest BCUT2D eigenvalue weighted by atomic mass is 16.3. The molecule has 5 heteroatoms. The molecule has 0 aliphatic carbocycles. The van der Waals surface area contributed by atoms with Crippen molar-refractivity contribution in [2.75, 3.05) is 37.1 Å². The highest BCUT2D eigenvalue weighted by Gasteiger charge is 2.28. The number of allylic oxidation sites excluding steroid dienone is 3. The lowest BCUT2D eigenvalue weighted by Crippen LogP contribution is -2.34. The van der Waals surface area contributed by atoms with Crippen LogP contribution < -0.4 is 15.2 Å². The third-order valence-electron chi connectivity index (χ3n) is 5.07. The lowest BCUT2D eigenvalue weighted by atomic mass is 9.90. The van der Waals surface area contributed by atoms with E-state index in [1.54, 1.807) is 0 Å². The number of phenolic OH excluding ortho intramolecular Hbond substituents is 1. The number of phenols is 1. The average Bonchev–Trinajstić information content (AvgIpc) is 2.64. The summed E-state index contributed by atoms with van der Waals surface area (Å²) in [5.74, 6) is 0.405. The molecule has 0 radical (unpaired) electrons. The molecule has 2 N–H and O–H groups in total. The molecule has 0 atom stereocenters. The van der Waals surface area contributed by atoms with Crippen LogP contribution in [0.2, 0.25) is 0 Å². The number of hydrogen-bond donors (Lipinski definition) is 2. The van der Waals surface area contributed by atoms with Crippen molar-refractivity contribution >= 4 is 17.1 Å². The van der Waals surface area contributed by atoms with E-state index in [0.717, 1.165) is 55.7 Å². The van der Waals surface area contributed by atoms with Crippen molar-refractivity contribution in [2.24, 2.45) is 5.10 Å². The number of aryl methyl sites for hydroxylation is 1. The highest BCUT2D eigenvalue weighted by molar-refractivity contribution is 5.85. The van der Waals surface area contributed by atoms with Crippen LogP contribution in [0.4, 0.5) is 11.4 Å². The lowest BCUT2D eigenvalue weighted by molar-refractivity contribution is 0.462. The van der Waals surface area contributed by atoms with E-state index < -0.39 is 0 Å². The van der Waals surface area contributed by atoms with Gasteiger partial charge in [0.05, 0.1) is 0 Å². The maximum Gasteiger partial charge on any atom is 0.146 e. The second-order valence-corrected chi connectivity index (χ2v) is 7.06. The van der Waals surface area contributed by atoms with E-state index in [0.29, 0.717) is 5.75 Å². The first-order chi connectivity index (χ1) is 12.6. The molecule has 2 aliphatic rings. The van der Waals surface area contributed by atoms with Crippen molar-refractivity contribution in [1.82, 2.24) is 5.32 Å². The molecule has 2 aliphatic heterocycles. The molecule has 0 unspecified atom stereocenters. The number of rotatable bonds is 6. The van der Waals surface area contributed by atoms with E-state index in [4.69, 9.17) is 0 Å². The van der Waals surface area contributed by atoms with Gasteiger partial charge in [-0.05, 0) is 56.5 Å². The Morgan fingerprint density at radius 1 is 1.31 bits per heavy atom. The highest BCUT2D eigenvalue weighted by Crippen LogP contribution is 2.45. The van der Waals surface area contributed by atoms with E-state index in [9.17, 15) is 5.11 Å². The van der Waals surface area contributed by atoms with Gasteiger partial charge in [0.25, 0.3) is 0 Å². The van der Waals surface area contributed by atoms with Crippen molar-refractivity contribution in [3.63, 3.8) is 0 Å². The van der Waals surface area contributed by atoms with Gasteiger partial charge >= 0.3 is 0 Å². The number of nitrogens with one attached hydrogen (secondary N) is 1. The Labute approximate surface area is 156 Å². The zero-order chi connectivity index (χ0) is 18.5. The summed E-state index contributed by atoms with van der Waals surface area (Å²) in [7, 11) is 3.80. The van der Waals surface area contributed by atoms with Crippen LogP contribution in [-0.2, 0) is 12.8 Å². The van der Waals surface area contributed by atoms with Crippen molar-refractivity contribution in [3.05, 3.63) is 41.6 Å². The summed E-state index contributed by atoms with van der Waals surface area (Å²) in [6, 6.07) is 2.13. The summed E-state index contributed by atoms with van der Waals surface area (Å²) in [4.78, 5) is 2.44. The number of aromatic hydroxyl groups is 1. The third kappa shape index (κ3) is 3.87. The SMILES string of the molecule is CN/C=C\C=C/C/C(C)=N/N(C)c1cc2c3c(c1O)CCCN3CCC2. The maximum absolute atomic E-state index is 10.9. The Balaban J connectivity index is 1.81. The minimum atomic E-state index is 0.405. The minimum Gasteiger partial charge on any atom is -0.505 e. The fourth-order valence-corrected chi connectivity index (χ4v) is 3.89. The third-order valence-corrected chi connectivity index (χ3v) is 5.07. The van der Waals surface area contributed by atoms with Gasteiger partial charge in [-0.25, -0.2) is 0 Å². The monoisotopic (exact) mass is 354 g/mol. The molecule has 140 valence electrons. The van der Waals surface area contributed by atoms with E-state index in [-0.39, 0.29) is 0 Å². The topological polar surface area (TPSA) is 51.1 Å². The average molecular weight is 354 g/mol. The van der Waals surface area contributed by atoms with Gasteiger partial charge in [0.15, 0.2) is 0 Å². The molecule has 0 amide bonds. The Bertz CT molecular complexity index is 734. The normalized spacial score (nSPS) is 17.0. The molecule has 1 aromatic carbocycles. The maximum atomic E-state index is 10.9. The van der Waals surface area contributed by atoms with Crippen LogP contribution >= 0.6 is 0 Å². The van der Waals surface area contributed by atoms with Gasteiger partial charge in [-0.15, -0.1) is 0 Å². The van der Waals surface area contributed by atoms with Gasteiger partial charge in [0.2, 0.25) is 0 Å². The molecular formula is C21H30N4O. The van der Waals surface area contributed by atoms with Crippen LogP contribution in [0.25, 0.3) is 0 Å². The Morgan fingerprint density at radius 3 is 2.85 bits per heavy atom. The molecule has 2 heterocycles. The Morgan fingerprint density at radius 2 is 2.08 bits per heavy atom. The lowest BCUT2D eigenvalue weighted by Gasteiger charge is -2.38. The van der Waals surface area contributed by atoms with Gasteiger partial charge < -0.3 is 15.3 Å². The zero-order valence-corrected chi connectivity index (χ0v) is 16.1. The van der Waals surface area contributed by atoms with E-state index in [2.05, 4.69) is 27.5 Å². The molecule has 0 spiro atoms. The van der Waals surface area contributed by atoms with E-state index in [1.807, 2.05) is 44.4 Å². The molecule has 0 fully saturated rings. The van der Waals surface area contributed by atoms with E-state index >= 15 is 0 Å². The number of hydrogen-bond acceptors (Lipinski definition) is 5. The van der Waals surface area contributed by atoms with Gasteiger partial charge in [-0.2, -0.15) is 5.10 Å². The van der Waals surface area contributed by atoms with Crippen LogP contribution in [0, 0.1) is 0 Å². The van der Waals surface area contributed by atoms with Gasteiger partial charge in [0, 0.05) is 50.6 Å². The van der Waals surface area contributed by atoms with Crippen LogP contribution in [0.15, 0.2) is 35.6 Å². The second-order valence-electron chi connectivity index (χ2n) is 7.06. The molecule has 3 rings (SSSR count). The first-order valence-electron chi connectivity index (χ1n) is 9.51. The first kappa shape index (κ1) is 18.4. The number of nitrogens with zero attached hydrogens (tertiary/aromatic N) is 3. The Hall–Kier alpha value is -2.43. The first-order valence-corrected chi connectivity index (χ1v) is 9.51. The summed E-state index contributed by atoms with van der Waals surface area (Å²) in [5.41, 5.74) is 5.59. The summed E-state index contributed by atoms with van der Waals surface area (Å²) in [6.07, 6.45) is 13.1. The van der Waals surface area contributed by atoms with Gasteiger partial charge in [0.1, 0.15) is 11.4 Å². The molecule has 0 bridgehead atoms. The molecular weight excluding hydrogens is 324 g/mol. The molecule has 0 aromatic heterocycles. The van der Waals surface area contributed by atoms with Crippen molar-refractivity contribution in [1.29, 1.82) is 0 Å². The smallest absolute Gasteiger partial charge is 0.146 e. The van der Waals surface area contributed by atoms with E-state index in [1.165, 1.54) is 17.7 Å². The standard InChI is InChI=1S/C21H30N4O/c1-16(9-5-4-6-12-22-2)23-24(3)19-15-17-10-7-13-25-14-8-11-18(20(17)25)21(19)26/h4-6,12,15,22,26H,7-11,13-14H2,1-3H3/b5-4-,12-6-,23-16+. The zero-order valence-electron chi connectivity index (χ0n) is 16.1.